The maximum atomic E-state index is 13.7. The van der Waals surface area contributed by atoms with Crippen molar-refractivity contribution in [2.75, 3.05) is 0 Å². The van der Waals surface area contributed by atoms with Crippen LogP contribution in [0.5, 0.6) is 0 Å². The largest absolute Gasteiger partial charge is 0.268 e. The molecule has 0 saturated heterocycles. The second-order valence-corrected chi connectivity index (χ2v) is 8.78. The Kier molecular flexibility index (Phi) is 4.30. The smallest absolute Gasteiger partial charge is 0.266 e. The summed E-state index contributed by atoms with van der Waals surface area (Å²) in [6.45, 7) is 0. The van der Waals surface area contributed by atoms with E-state index in [1.54, 1.807) is 4.57 Å². The van der Waals surface area contributed by atoms with Crippen LogP contribution in [-0.4, -0.2) is 9.55 Å². The zero-order valence-electron chi connectivity index (χ0n) is 18.8. The quantitative estimate of drug-likeness (QED) is 0.257. The van der Waals surface area contributed by atoms with E-state index < -0.39 is 0 Å². The third-order valence-corrected chi connectivity index (χ3v) is 6.79. The van der Waals surface area contributed by atoms with Gasteiger partial charge in [-0.3, -0.25) is 9.36 Å². The summed E-state index contributed by atoms with van der Waals surface area (Å²) in [4.78, 5) is 18.7. The molecule has 0 radical (unpaired) electrons. The Balaban J connectivity index is 1.62. The van der Waals surface area contributed by atoms with Crippen molar-refractivity contribution in [3.05, 3.63) is 132 Å². The Labute approximate surface area is 201 Å². The monoisotopic (exact) mass is 448 g/mol. The van der Waals surface area contributed by atoms with Crippen LogP contribution in [0.4, 0.5) is 0 Å². The maximum Gasteiger partial charge on any atom is 0.266 e. The summed E-state index contributed by atoms with van der Waals surface area (Å²) >= 11 is 0. The average molecular weight is 449 g/mol. The first-order valence-electron chi connectivity index (χ1n) is 11.7. The minimum Gasteiger partial charge on any atom is -0.268 e. The van der Waals surface area contributed by atoms with E-state index in [0.717, 1.165) is 16.6 Å². The van der Waals surface area contributed by atoms with Crippen LogP contribution in [0.25, 0.3) is 60.3 Å². The Bertz CT molecular complexity index is 1940. The summed E-state index contributed by atoms with van der Waals surface area (Å²) in [6.07, 6.45) is 0. The van der Waals surface area contributed by atoms with Gasteiger partial charge in [-0.05, 0) is 62.6 Å². The molecule has 7 rings (SSSR count). The molecule has 0 aliphatic carbocycles. The number of benzene rings is 6. The average Bonchev–Trinajstić information content (AvgIpc) is 2.93. The van der Waals surface area contributed by atoms with Crippen LogP contribution >= 0.6 is 0 Å². The highest BCUT2D eigenvalue weighted by Gasteiger charge is 2.16. The fourth-order valence-corrected chi connectivity index (χ4v) is 5.19. The van der Waals surface area contributed by atoms with Gasteiger partial charge in [0.1, 0.15) is 5.82 Å². The summed E-state index contributed by atoms with van der Waals surface area (Å²) in [5.41, 5.74) is 2.34. The fourth-order valence-electron chi connectivity index (χ4n) is 5.19. The lowest BCUT2D eigenvalue weighted by atomic mass is 9.93. The lowest BCUT2D eigenvalue weighted by Gasteiger charge is -2.16. The van der Waals surface area contributed by atoms with E-state index in [1.165, 1.54) is 26.9 Å². The number of hydrogen-bond donors (Lipinski definition) is 0. The lowest BCUT2D eigenvalue weighted by Crippen LogP contribution is -2.21. The van der Waals surface area contributed by atoms with Crippen molar-refractivity contribution in [3.63, 3.8) is 0 Å². The molecular formula is C32H20N2O. The summed E-state index contributed by atoms with van der Waals surface area (Å²) in [5.74, 6) is 0.638. The van der Waals surface area contributed by atoms with E-state index in [1.807, 2.05) is 54.6 Å². The predicted octanol–water partition coefficient (Wildman–Crippen LogP) is 7.51. The molecule has 6 aromatic carbocycles. The predicted molar refractivity (Wildman–Crippen MR) is 145 cm³/mol. The molecule has 35 heavy (non-hydrogen) atoms. The molecule has 3 heteroatoms. The van der Waals surface area contributed by atoms with Crippen molar-refractivity contribution in [2.45, 2.75) is 0 Å². The molecule has 7 aromatic rings. The van der Waals surface area contributed by atoms with Gasteiger partial charge in [-0.2, -0.15) is 0 Å². The van der Waals surface area contributed by atoms with Crippen LogP contribution in [0.2, 0.25) is 0 Å². The van der Waals surface area contributed by atoms with Crippen LogP contribution in [0.15, 0.2) is 126 Å². The standard InChI is InChI=1S/C32H20N2O/c35-32-28-16-8-9-17-30(28)33-31(34(32)22-10-2-1-3-11-22)21-18-19-27-25-14-5-4-12-23(25)24-13-6-7-15-26(24)29(27)20-21/h1-20H. The van der Waals surface area contributed by atoms with E-state index in [-0.39, 0.29) is 5.56 Å². The van der Waals surface area contributed by atoms with Gasteiger partial charge >= 0.3 is 0 Å². The number of rotatable bonds is 2. The van der Waals surface area contributed by atoms with Crippen LogP contribution in [-0.2, 0) is 0 Å². The van der Waals surface area contributed by atoms with Gasteiger partial charge in [0.25, 0.3) is 5.56 Å². The van der Waals surface area contributed by atoms with Gasteiger partial charge in [-0.15, -0.1) is 0 Å². The summed E-state index contributed by atoms with van der Waals surface area (Å²) in [5, 5.41) is 7.83. The molecule has 0 unspecified atom stereocenters. The SMILES string of the molecule is O=c1c2ccccc2nc(-c2ccc3c4ccccc4c4ccccc4c3c2)n1-c1ccccc1. The van der Waals surface area contributed by atoms with Crippen LogP contribution in [0.1, 0.15) is 0 Å². The summed E-state index contributed by atoms with van der Waals surface area (Å²) < 4.78 is 1.73. The molecule has 1 heterocycles. The Morgan fingerprint density at radius 1 is 0.486 bits per heavy atom. The molecule has 0 N–H and O–H groups in total. The summed E-state index contributed by atoms with van der Waals surface area (Å²) in [6, 6.07) is 40.8. The topological polar surface area (TPSA) is 34.9 Å². The first-order valence-corrected chi connectivity index (χ1v) is 11.7. The Morgan fingerprint density at radius 2 is 1.00 bits per heavy atom. The van der Waals surface area contributed by atoms with E-state index in [2.05, 4.69) is 66.7 Å². The minimum atomic E-state index is -0.0692. The van der Waals surface area contributed by atoms with Crippen LogP contribution < -0.4 is 5.56 Å². The van der Waals surface area contributed by atoms with Gasteiger partial charge in [0.2, 0.25) is 0 Å². The molecule has 0 fully saturated rings. The van der Waals surface area contributed by atoms with Crippen LogP contribution in [0, 0.1) is 0 Å². The molecular weight excluding hydrogens is 428 g/mol. The van der Waals surface area contributed by atoms with Crippen molar-refractivity contribution < 1.29 is 0 Å². The molecule has 0 spiro atoms. The number of para-hydroxylation sites is 2. The second kappa shape index (κ2) is 7.64. The van der Waals surface area contributed by atoms with Gasteiger partial charge in [0.05, 0.1) is 16.6 Å². The highest BCUT2D eigenvalue weighted by atomic mass is 16.1. The minimum absolute atomic E-state index is 0.0692. The van der Waals surface area contributed by atoms with Crippen molar-refractivity contribution in [1.29, 1.82) is 0 Å². The van der Waals surface area contributed by atoms with E-state index in [4.69, 9.17) is 4.98 Å². The van der Waals surface area contributed by atoms with E-state index >= 15 is 0 Å². The molecule has 164 valence electrons. The third kappa shape index (κ3) is 2.99. The highest BCUT2D eigenvalue weighted by molar-refractivity contribution is 6.25. The van der Waals surface area contributed by atoms with Gasteiger partial charge in [-0.25, -0.2) is 4.98 Å². The molecule has 0 aliphatic rings. The lowest BCUT2D eigenvalue weighted by molar-refractivity contribution is 0.976. The number of fused-ring (bicyclic) bond motifs is 7. The first-order chi connectivity index (χ1) is 17.3. The molecule has 3 nitrogen and oxygen atoms in total. The highest BCUT2D eigenvalue weighted by Crippen LogP contribution is 2.37. The van der Waals surface area contributed by atoms with E-state index in [9.17, 15) is 4.79 Å². The van der Waals surface area contributed by atoms with Crippen molar-refractivity contribution >= 4 is 43.2 Å². The Hall–Kier alpha value is -4.76. The third-order valence-electron chi connectivity index (χ3n) is 6.79. The number of nitrogens with zero attached hydrogens (tertiary/aromatic N) is 2. The van der Waals surface area contributed by atoms with Crippen molar-refractivity contribution in [1.82, 2.24) is 9.55 Å². The molecule has 1 aromatic heterocycles. The molecule has 0 bridgehead atoms. The molecule has 0 aliphatic heterocycles. The zero-order valence-corrected chi connectivity index (χ0v) is 18.8. The Morgan fingerprint density at radius 3 is 1.66 bits per heavy atom. The molecule has 0 amide bonds. The van der Waals surface area contributed by atoms with Crippen molar-refractivity contribution in [3.8, 4) is 17.1 Å². The van der Waals surface area contributed by atoms with Gasteiger partial charge < -0.3 is 0 Å². The normalized spacial score (nSPS) is 11.5. The maximum absolute atomic E-state index is 13.7. The second-order valence-electron chi connectivity index (χ2n) is 8.78. The number of aromatic nitrogens is 2. The van der Waals surface area contributed by atoms with E-state index in [0.29, 0.717) is 16.7 Å². The van der Waals surface area contributed by atoms with Crippen molar-refractivity contribution in [2.24, 2.45) is 0 Å². The van der Waals surface area contributed by atoms with Gasteiger partial charge in [0.15, 0.2) is 0 Å². The molecule has 0 saturated carbocycles. The fraction of sp³-hybridized carbons (Fsp3) is 0. The van der Waals surface area contributed by atoms with Gasteiger partial charge in [-0.1, -0.05) is 91.0 Å². The number of hydrogen-bond acceptors (Lipinski definition) is 2. The van der Waals surface area contributed by atoms with Crippen LogP contribution in [0.3, 0.4) is 0 Å². The first kappa shape index (κ1) is 19.7. The molecule has 0 atom stereocenters. The summed E-state index contributed by atoms with van der Waals surface area (Å²) in [7, 11) is 0. The van der Waals surface area contributed by atoms with Gasteiger partial charge in [0, 0.05) is 5.56 Å². The zero-order chi connectivity index (χ0) is 23.4.